The van der Waals surface area contributed by atoms with Crippen molar-refractivity contribution in [3.05, 3.63) is 53.7 Å². The third-order valence-corrected chi connectivity index (χ3v) is 5.49. The summed E-state index contributed by atoms with van der Waals surface area (Å²) in [6.45, 7) is 0. The zero-order valence-electron chi connectivity index (χ0n) is 13.8. The highest BCUT2D eigenvalue weighted by Gasteiger charge is 2.14. The summed E-state index contributed by atoms with van der Waals surface area (Å²) in [6, 6.07) is 11.5. The second kappa shape index (κ2) is 7.22. The summed E-state index contributed by atoms with van der Waals surface area (Å²) in [5, 5.41) is 10.9. The lowest BCUT2D eigenvalue weighted by Gasteiger charge is -2.01. The van der Waals surface area contributed by atoms with Crippen LogP contribution in [0.15, 0.2) is 57.6 Å². The quantitative estimate of drug-likeness (QED) is 0.400. The lowest BCUT2D eigenvalue weighted by Crippen LogP contribution is -2.11. The fourth-order valence-electron chi connectivity index (χ4n) is 2.33. The number of benzene rings is 1. The highest BCUT2D eigenvalue weighted by molar-refractivity contribution is 7.98. The molecule has 132 valence electrons. The molecule has 0 saturated heterocycles. The molecule has 4 rings (SSSR count). The van der Waals surface area contributed by atoms with Gasteiger partial charge in [0.15, 0.2) is 5.82 Å². The Morgan fingerprint density at radius 3 is 2.81 bits per heavy atom. The highest BCUT2D eigenvalue weighted by Crippen LogP contribution is 2.28. The van der Waals surface area contributed by atoms with Crippen LogP contribution < -0.4 is 10.6 Å². The van der Waals surface area contributed by atoms with Crippen LogP contribution >= 0.6 is 23.1 Å². The van der Waals surface area contributed by atoms with Crippen molar-refractivity contribution < 1.29 is 9.15 Å². The van der Waals surface area contributed by atoms with Crippen molar-refractivity contribution in [2.45, 2.75) is 10.9 Å². The molecule has 0 spiro atoms. The molecule has 3 heterocycles. The van der Waals surface area contributed by atoms with Crippen LogP contribution in [0.25, 0.3) is 22.2 Å². The van der Waals surface area contributed by atoms with Crippen LogP contribution in [0.3, 0.4) is 0 Å². The zero-order chi connectivity index (χ0) is 17.9. The molecule has 0 aliphatic rings. The molecular weight excluding hydrogens is 370 g/mol. The maximum Gasteiger partial charge on any atom is 0.226 e. The van der Waals surface area contributed by atoms with E-state index in [-0.39, 0.29) is 0 Å². The standard InChI is InChI=1S/C17H15N5O2S2/c1-23-13-6-4-11(5-7-13)16-19-12(9-24-16)10-26-17-21-20-15(22(17)18)14-3-2-8-25-14/h2-9H,10,18H2,1H3. The number of nitrogens with zero attached hydrogens (tertiary/aromatic N) is 4. The Hall–Kier alpha value is -2.78. The van der Waals surface area contributed by atoms with Gasteiger partial charge in [0.1, 0.15) is 12.0 Å². The maximum atomic E-state index is 6.10. The lowest BCUT2D eigenvalue weighted by atomic mass is 10.2. The minimum absolute atomic E-state index is 0.566. The maximum absolute atomic E-state index is 6.10. The molecule has 0 aliphatic carbocycles. The van der Waals surface area contributed by atoms with E-state index in [4.69, 9.17) is 15.0 Å². The number of methoxy groups -OCH3 is 1. The molecule has 0 radical (unpaired) electrons. The third kappa shape index (κ3) is 3.31. The van der Waals surface area contributed by atoms with Gasteiger partial charge in [0.25, 0.3) is 0 Å². The van der Waals surface area contributed by atoms with Crippen LogP contribution in [-0.4, -0.2) is 27.0 Å². The van der Waals surface area contributed by atoms with Gasteiger partial charge < -0.3 is 15.0 Å². The lowest BCUT2D eigenvalue weighted by molar-refractivity contribution is 0.415. The molecule has 0 aliphatic heterocycles. The van der Waals surface area contributed by atoms with Crippen LogP contribution in [0.2, 0.25) is 0 Å². The van der Waals surface area contributed by atoms with Crippen LogP contribution in [-0.2, 0) is 5.75 Å². The van der Waals surface area contributed by atoms with E-state index in [0.717, 1.165) is 21.9 Å². The van der Waals surface area contributed by atoms with E-state index in [1.165, 1.54) is 16.4 Å². The largest absolute Gasteiger partial charge is 0.497 e. The van der Waals surface area contributed by atoms with Gasteiger partial charge in [-0.25, -0.2) is 9.66 Å². The predicted molar refractivity (Wildman–Crippen MR) is 102 cm³/mol. The molecule has 0 atom stereocenters. The Labute approximate surface area is 157 Å². The predicted octanol–water partition coefficient (Wildman–Crippen LogP) is 3.68. The Morgan fingerprint density at radius 2 is 2.08 bits per heavy atom. The minimum atomic E-state index is 0.566. The molecular formula is C17H15N5O2S2. The van der Waals surface area contributed by atoms with Crippen molar-refractivity contribution in [1.82, 2.24) is 19.9 Å². The number of thiophene rings is 1. The van der Waals surface area contributed by atoms with Crippen molar-refractivity contribution >= 4 is 23.1 Å². The average molecular weight is 385 g/mol. The first-order valence-electron chi connectivity index (χ1n) is 7.70. The van der Waals surface area contributed by atoms with Gasteiger partial charge in [-0.15, -0.1) is 21.5 Å². The van der Waals surface area contributed by atoms with Gasteiger partial charge in [0.05, 0.1) is 17.7 Å². The number of aromatic nitrogens is 4. The van der Waals surface area contributed by atoms with Crippen LogP contribution in [0.5, 0.6) is 5.75 Å². The van der Waals surface area contributed by atoms with Crippen LogP contribution in [0.4, 0.5) is 0 Å². The molecule has 26 heavy (non-hydrogen) atoms. The fourth-order valence-corrected chi connectivity index (χ4v) is 3.77. The summed E-state index contributed by atoms with van der Waals surface area (Å²) in [5.41, 5.74) is 1.70. The van der Waals surface area contributed by atoms with E-state index in [2.05, 4.69) is 15.2 Å². The number of oxazole rings is 1. The number of thioether (sulfide) groups is 1. The molecule has 0 amide bonds. The number of rotatable bonds is 6. The average Bonchev–Trinajstić information content (AvgIpc) is 3.41. The fraction of sp³-hybridized carbons (Fsp3) is 0.118. The summed E-state index contributed by atoms with van der Waals surface area (Å²) in [7, 11) is 1.63. The van der Waals surface area contributed by atoms with Crippen LogP contribution in [0, 0.1) is 0 Å². The van der Waals surface area contributed by atoms with Crippen molar-refractivity contribution in [3.8, 4) is 27.9 Å². The van der Waals surface area contributed by atoms with Crippen molar-refractivity contribution in [2.24, 2.45) is 0 Å². The van der Waals surface area contributed by atoms with E-state index < -0.39 is 0 Å². The van der Waals surface area contributed by atoms with Crippen molar-refractivity contribution in [2.75, 3.05) is 13.0 Å². The Kier molecular flexibility index (Phi) is 4.63. The van der Waals surface area contributed by atoms with Crippen LogP contribution in [0.1, 0.15) is 5.69 Å². The zero-order valence-corrected chi connectivity index (χ0v) is 15.5. The molecule has 7 nitrogen and oxygen atoms in total. The first kappa shape index (κ1) is 16.7. The Bertz CT molecular complexity index is 993. The molecule has 0 fully saturated rings. The van der Waals surface area contributed by atoms with E-state index in [1.807, 2.05) is 41.8 Å². The second-order valence-corrected chi connectivity index (χ2v) is 7.20. The molecule has 9 heteroatoms. The van der Waals surface area contributed by atoms with E-state index in [1.54, 1.807) is 24.7 Å². The SMILES string of the molecule is COc1ccc(-c2nc(CSc3nnc(-c4cccs4)n3N)co2)cc1. The third-order valence-electron chi connectivity index (χ3n) is 3.64. The molecule has 4 aromatic rings. The number of ether oxygens (including phenoxy) is 1. The van der Waals surface area contributed by atoms with Crippen molar-refractivity contribution in [3.63, 3.8) is 0 Å². The number of nitrogen functional groups attached to an aromatic ring is 1. The monoisotopic (exact) mass is 385 g/mol. The second-order valence-electron chi connectivity index (χ2n) is 5.31. The summed E-state index contributed by atoms with van der Waals surface area (Å²) in [6.07, 6.45) is 1.64. The molecule has 2 N–H and O–H groups in total. The minimum Gasteiger partial charge on any atom is -0.497 e. The van der Waals surface area contributed by atoms with Gasteiger partial charge in [-0.05, 0) is 35.7 Å². The van der Waals surface area contributed by atoms with Gasteiger partial charge in [0, 0.05) is 11.3 Å². The highest BCUT2D eigenvalue weighted by atomic mass is 32.2. The Balaban J connectivity index is 1.45. The summed E-state index contributed by atoms with van der Waals surface area (Å²) >= 11 is 3.03. The first-order valence-corrected chi connectivity index (χ1v) is 9.57. The van der Waals surface area contributed by atoms with E-state index >= 15 is 0 Å². The van der Waals surface area contributed by atoms with Gasteiger partial charge in [-0.3, -0.25) is 0 Å². The molecule has 0 bridgehead atoms. The number of nitrogens with two attached hydrogens (primary N) is 1. The topological polar surface area (TPSA) is 92.0 Å². The molecule has 1 aromatic carbocycles. The normalized spacial score (nSPS) is 11.0. The number of hydrogen-bond acceptors (Lipinski definition) is 8. The first-order chi connectivity index (χ1) is 12.7. The van der Waals surface area contributed by atoms with E-state index in [9.17, 15) is 0 Å². The molecule has 3 aromatic heterocycles. The summed E-state index contributed by atoms with van der Waals surface area (Å²) < 4.78 is 12.2. The van der Waals surface area contributed by atoms with Gasteiger partial charge in [0.2, 0.25) is 11.0 Å². The van der Waals surface area contributed by atoms with Crippen molar-refractivity contribution in [1.29, 1.82) is 0 Å². The van der Waals surface area contributed by atoms with E-state index in [0.29, 0.717) is 22.6 Å². The van der Waals surface area contributed by atoms with Gasteiger partial charge >= 0.3 is 0 Å². The summed E-state index contributed by atoms with van der Waals surface area (Å²) in [5.74, 6) is 8.70. The molecule has 0 saturated carbocycles. The summed E-state index contributed by atoms with van der Waals surface area (Å²) in [4.78, 5) is 5.49. The Morgan fingerprint density at radius 1 is 1.23 bits per heavy atom. The number of hydrogen-bond donors (Lipinski definition) is 1. The molecule has 0 unspecified atom stereocenters. The van der Waals surface area contributed by atoms with Gasteiger partial charge in [-0.2, -0.15) is 0 Å². The van der Waals surface area contributed by atoms with Gasteiger partial charge in [-0.1, -0.05) is 17.8 Å². The smallest absolute Gasteiger partial charge is 0.226 e.